The summed E-state index contributed by atoms with van der Waals surface area (Å²) in [6.07, 6.45) is 6.72. The first-order chi connectivity index (χ1) is 6.09. The van der Waals surface area contributed by atoms with Crippen LogP contribution >= 0.6 is 11.6 Å². The lowest BCUT2D eigenvalue weighted by Gasteiger charge is -2.14. The molecule has 0 aromatic heterocycles. The van der Waals surface area contributed by atoms with Crippen molar-refractivity contribution in [3.8, 4) is 0 Å². The number of halogens is 1. The van der Waals surface area contributed by atoms with Crippen molar-refractivity contribution in [2.45, 2.75) is 19.5 Å². The smallest absolute Gasteiger partial charge is 0.190 e. The highest BCUT2D eigenvalue weighted by molar-refractivity contribution is 6.64. The molecule has 0 spiro atoms. The van der Waals surface area contributed by atoms with Crippen molar-refractivity contribution in [2.75, 3.05) is 0 Å². The molecule has 2 atom stereocenters. The molecule has 0 aromatic rings. The lowest BCUT2D eigenvalue weighted by Crippen LogP contribution is -2.23. The van der Waals surface area contributed by atoms with Gasteiger partial charge < -0.3 is 11.5 Å². The van der Waals surface area contributed by atoms with E-state index in [4.69, 9.17) is 23.1 Å². The number of nitrogens with zero attached hydrogens (tertiary/aromatic N) is 1. The molecule has 1 aliphatic rings. The van der Waals surface area contributed by atoms with E-state index in [1.54, 1.807) is 0 Å². The van der Waals surface area contributed by atoms with Crippen molar-refractivity contribution in [3.63, 3.8) is 0 Å². The van der Waals surface area contributed by atoms with Crippen LogP contribution in [0.25, 0.3) is 0 Å². The molecule has 1 rings (SSSR count). The van der Waals surface area contributed by atoms with Gasteiger partial charge >= 0.3 is 0 Å². The Balaban J connectivity index is 2.64. The van der Waals surface area contributed by atoms with Crippen LogP contribution in [0.4, 0.5) is 0 Å². The van der Waals surface area contributed by atoms with Crippen molar-refractivity contribution in [2.24, 2.45) is 22.4 Å². The van der Waals surface area contributed by atoms with Gasteiger partial charge in [0.05, 0.1) is 0 Å². The van der Waals surface area contributed by atoms with E-state index in [0.29, 0.717) is 5.92 Å². The Kier molecular flexibility index (Phi) is 3.51. The Bertz CT molecular complexity index is 264. The van der Waals surface area contributed by atoms with Crippen LogP contribution in [0.15, 0.2) is 28.8 Å². The van der Waals surface area contributed by atoms with Crippen molar-refractivity contribution in [1.29, 1.82) is 0 Å². The summed E-state index contributed by atoms with van der Waals surface area (Å²) in [5, 5.41) is 0.000391. The fourth-order valence-electron chi connectivity index (χ4n) is 1.17. The van der Waals surface area contributed by atoms with Gasteiger partial charge in [0, 0.05) is 0 Å². The van der Waals surface area contributed by atoms with Gasteiger partial charge in [-0.05, 0) is 29.5 Å². The largest absolute Gasteiger partial charge is 0.374 e. The molecule has 0 saturated heterocycles. The number of hydrogen-bond donors (Lipinski definition) is 2. The van der Waals surface area contributed by atoms with Crippen LogP contribution in [0.2, 0.25) is 0 Å². The van der Waals surface area contributed by atoms with Gasteiger partial charge in [0.2, 0.25) is 0 Å². The molecule has 4 heteroatoms. The Labute approximate surface area is 83.2 Å². The first-order valence-electron chi connectivity index (χ1n) is 4.22. The molecule has 1 aliphatic carbocycles. The van der Waals surface area contributed by atoms with Crippen LogP contribution in [0.1, 0.15) is 13.3 Å². The van der Waals surface area contributed by atoms with Crippen molar-refractivity contribution >= 4 is 16.9 Å². The molecule has 4 N–H and O–H groups in total. The van der Waals surface area contributed by atoms with Crippen LogP contribution in [0.3, 0.4) is 0 Å². The zero-order valence-electron chi connectivity index (χ0n) is 7.57. The monoisotopic (exact) mass is 199 g/mol. The topological polar surface area (TPSA) is 64.4 Å². The van der Waals surface area contributed by atoms with E-state index in [-0.39, 0.29) is 5.29 Å². The number of nitrogens with two attached hydrogens (primary N) is 2. The zero-order chi connectivity index (χ0) is 9.84. The lowest BCUT2D eigenvalue weighted by atomic mass is 9.97. The minimum atomic E-state index is -0.429. The van der Waals surface area contributed by atoms with Crippen LogP contribution in [0.5, 0.6) is 0 Å². The Morgan fingerprint density at radius 1 is 1.77 bits per heavy atom. The van der Waals surface area contributed by atoms with Gasteiger partial charge in [0.1, 0.15) is 6.17 Å². The molecule has 3 nitrogen and oxygen atoms in total. The molecule has 72 valence electrons. The maximum absolute atomic E-state index is 5.72. The summed E-state index contributed by atoms with van der Waals surface area (Å²) in [5.41, 5.74) is 11.9. The molecule has 13 heavy (non-hydrogen) atoms. The average Bonchev–Trinajstić information content (AvgIpc) is 2.04. The highest BCUT2D eigenvalue weighted by atomic mass is 35.5. The minimum absolute atomic E-state index is 0.000391. The predicted molar refractivity (Wildman–Crippen MR) is 56.5 cm³/mol. The van der Waals surface area contributed by atoms with Crippen molar-refractivity contribution in [1.82, 2.24) is 0 Å². The summed E-state index contributed by atoms with van der Waals surface area (Å²) in [7, 11) is 0. The quantitative estimate of drug-likeness (QED) is 0.401. The fourth-order valence-corrected chi connectivity index (χ4v) is 1.28. The SMILES string of the molecule is CC1C=CC([C@H](N)/N=C(\N)Cl)=CC1. The van der Waals surface area contributed by atoms with E-state index in [1.807, 2.05) is 6.08 Å². The van der Waals surface area contributed by atoms with Crippen LogP contribution in [-0.2, 0) is 0 Å². The molecule has 0 saturated carbocycles. The lowest BCUT2D eigenvalue weighted by molar-refractivity contribution is 0.712. The van der Waals surface area contributed by atoms with Gasteiger partial charge in [0.25, 0.3) is 0 Å². The molecular weight excluding hydrogens is 186 g/mol. The van der Waals surface area contributed by atoms with Crippen LogP contribution < -0.4 is 11.5 Å². The maximum atomic E-state index is 5.72. The number of allylic oxidation sites excluding steroid dienone is 2. The number of rotatable bonds is 2. The fraction of sp³-hybridized carbons (Fsp3) is 0.444. The van der Waals surface area contributed by atoms with E-state index in [0.717, 1.165) is 12.0 Å². The summed E-state index contributed by atoms with van der Waals surface area (Å²) in [5.74, 6) is 0.577. The van der Waals surface area contributed by atoms with Gasteiger partial charge in [-0.2, -0.15) is 0 Å². The highest BCUT2D eigenvalue weighted by Crippen LogP contribution is 2.17. The van der Waals surface area contributed by atoms with E-state index in [1.165, 1.54) is 0 Å². The second-order valence-electron chi connectivity index (χ2n) is 3.17. The second-order valence-corrected chi connectivity index (χ2v) is 3.56. The second kappa shape index (κ2) is 4.44. The summed E-state index contributed by atoms with van der Waals surface area (Å²) < 4.78 is 0. The minimum Gasteiger partial charge on any atom is -0.374 e. The maximum Gasteiger partial charge on any atom is 0.190 e. The summed E-state index contributed by atoms with van der Waals surface area (Å²) in [6, 6.07) is 0. The van der Waals surface area contributed by atoms with Crippen LogP contribution in [0, 0.1) is 5.92 Å². The third-order valence-electron chi connectivity index (χ3n) is 1.95. The van der Waals surface area contributed by atoms with Gasteiger partial charge in [-0.1, -0.05) is 25.2 Å². The van der Waals surface area contributed by atoms with Crippen molar-refractivity contribution in [3.05, 3.63) is 23.8 Å². The van der Waals surface area contributed by atoms with Gasteiger partial charge in [-0.3, -0.25) is 0 Å². The molecule has 0 bridgehead atoms. The molecule has 0 aliphatic heterocycles. The number of hydrogen-bond acceptors (Lipinski definition) is 2. The Morgan fingerprint density at radius 2 is 2.46 bits per heavy atom. The third-order valence-corrected chi connectivity index (χ3v) is 2.04. The van der Waals surface area contributed by atoms with Crippen molar-refractivity contribution < 1.29 is 0 Å². The summed E-state index contributed by atoms with van der Waals surface area (Å²) in [4.78, 5) is 3.84. The summed E-state index contributed by atoms with van der Waals surface area (Å²) in [6.45, 7) is 2.15. The first-order valence-corrected chi connectivity index (χ1v) is 4.60. The van der Waals surface area contributed by atoms with Crippen LogP contribution in [-0.4, -0.2) is 11.5 Å². The predicted octanol–water partition coefficient (Wildman–Crippen LogP) is 1.35. The number of amidine groups is 1. The van der Waals surface area contributed by atoms with E-state index >= 15 is 0 Å². The van der Waals surface area contributed by atoms with Gasteiger partial charge in [-0.25, -0.2) is 4.99 Å². The number of aliphatic imine (C=N–C) groups is 1. The molecule has 0 heterocycles. The zero-order valence-corrected chi connectivity index (χ0v) is 8.33. The summed E-state index contributed by atoms with van der Waals surface area (Å²) >= 11 is 5.42. The first kappa shape index (κ1) is 10.3. The molecule has 1 unspecified atom stereocenters. The van der Waals surface area contributed by atoms with E-state index < -0.39 is 6.17 Å². The van der Waals surface area contributed by atoms with Gasteiger partial charge in [-0.15, -0.1) is 0 Å². The molecule has 0 amide bonds. The van der Waals surface area contributed by atoms with Gasteiger partial charge in [0.15, 0.2) is 5.29 Å². The molecule has 0 fully saturated rings. The molecule has 0 aromatic carbocycles. The third kappa shape index (κ3) is 3.20. The normalized spacial score (nSPS) is 25.6. The highest BCUT2D eigenvalue weighted by Gasteiger charge is 2.09. The molecule has 0 radical (unpaired) electrons. The standard InChI is InChI=1S/C9H14ClN3/c1-6-2-4-7(5-3-6)8(11)13-9(10)12/h2,4-6,8H,3,11H2,1H3,(H2,12,13)/t6?,8-/m1/s1. The van der Waals surface area contributed by atoms with E-state index in [2.05, 4.69) is 24.1 Å². The Morgan fingerprint density at radius 3 is 2.92 bits per heavy atom. The molecular formula is C9H14ClN3. The average molecular weight is 200 g/mol. The Hall–Kier alpha value is -0.800. The van der Waals surface area contributed by atoms with E-state index in [9.17, 15) is 0 Å².